The Morgan fingerprint density at radius 2 is 1.61 bits per heavy atom. The Hall–Kier alpha value is -2.81. The van der Waals surface area contributed by atoms with Crippen LogP contribution in [0.2, 0.25) is 10.0 Å². The first-order chi connectivity index (χ1) is 15.9. The molecule has 5 rings (SSSR count). The van der Waals surface area contributed by atoms with Gasteiger partial charge in [-0.05, 0) is 30.3 Å². The molecule has 10 heteroatoms. The summed E-state index contributed by atoms with van der Waals surface area (Å²) in [5.41, 5.74) is 0.369. The highest BCUT2D eigenvalue weighted by molar-refractivity contribution is 6.35. The molecule has 2 aromatic rings. The van der Waals surface area contributed by atoms with Gasteiger partial charge in [-0.2, -0.15) is 0 Å². The summed E-state index contributed by atoms with van der Waals surface area (Å²) in [6.45, 7) is 1.97. The van der Waals surface area contributed by atoms with E-state index in [4.69, 9.17) is 32.7 Å². The van der Waals surface area contributed by atoms with Gasteiger partial charge in [0.1, 0.15) is 6.61 Å². The third kappa shape index (κ3) is 4.26. The van der Waals surface area contributed by atoms with Crippen molar-refractivity contribution >= 4 is 46.6 Å². The molecular formula is C23H21Cl2N3O5. The van der Waals surface area contributed by atoms with Gasteiger partial charge in [0.05, 0.1) is 18.2 Å². The summed E-state index contributed by atoms with van der Waals surface area (Å²) in [6, 6.07) is 11.3. The summed E-state index contributed by atoms with van der Waals surface area (Å²) >= 11 is 12.1. The summed E-state index contributed by atoms with van der Waals surface area (Å²) in [5, 5.41) is 0.704. The molecule has 0 bridgehead atoms. The van der Waals surface area contributed by atoms with Crippen LogP contribution in [0.1, 0.15) is 6.42 Å². The van der Waals surface area contributed by atoms with E-state index in [0.29, 0.717) is 53.4 Å². The average molecular weight is 490 g/mol. The van der Waals surface area contributed by atoms with Crippen molar-refractivity contribution in [2.24, 2.45) is 0 Å². The predicted octanol–water partition coefficient (Wildman–Crippen LogP) is 2.61. The lowest BCUT2D eigenvalue weighted by Gasteiger charge is -2.38. The van der Waals surface area contributed by atoms with Gasteiger partial charge < -0.3 is 14.4 Å². The first-order valence-corrected chi connectivity index (χ1v) is 11.4. The molecule has 0 radical (unpaired) electrons. The minimum atomic E-state index is -0.704. The van der Waals surface area contributed by atoms with Crippen molar-refractivity contribution in [3.8, 4) is 11.5 Å². The monoisotopic (exact) mass is 489 g/mol. The first kappa shape index (κ1) is 22.0. The van der Waals surface area contributed by atoms with Crippen molar-refractivity contribution in [3.63, 3.8) is 0 Å². The number of amides is 3. The maximum Gasteiger partial charge on any atom is 0.267 e. The lowest BCUT2D eigenvalue weighted by Crippen LogP contribution is -2.57. The van der Waals surface area contributed by atoms with E-state index in [0.717, 1.165) is 4.90 Å². The van der Waals surface area contributed by atoms with E-state index in [2.05, 4.69) is 0 Å². The molecule has 0 saturated carbocycles. The smallest absolute Gasteiger partial charge is 0.267 e. The van der Waals surface area contributed by atoms with Crippen molar-refractivity contribution in [2.75, 3.05) is 37.7 Å². The number of carbonyl (C=O) groups is 3. The Bertz CT molecular complexity index is 1100. The van der Waals surface area contributed by atoms with Crippen LogP contribution in [0.15, 0.2) is 42.5 Å². The Morgan fingerprint density at radius 1 is 0.939 bits per heavy atom. The van der Waals surface area contributed by atoms with Crippen molar-refractivity contribution in [1.29, 1.82) is 0 Å². The molecule has 2 unspecified atom stereocenters. The summed E-state index contributed by atoms with van der Waals surface area (Å²) in [4.78, 5) is 43.5. The molecule has 2 aromatic carbocycles. The highest BCUT2D eigenvalue weighted by Gasteiger charge is 2.44. The van der Waals surface area contributed by atoms with Gasteiger partial charge in [0.25, 0.3) is 11.8 Å². The zero-order chi connectivity index (χ0) is 23.1. The van der Waals surface area contributed by atoms with Crippen LogP contribution in [-0.2, 0) is 14.4 Å². The maximum atomic E-state index is 13.1. The number of imide groups is 1. The number of anilines is 1. The molecule has 2 saturated heterocycles. The van der Waals surface area contributed by atoms with Crippen LogP contribution in [0.5, 0.6) is 11.5 Å². The second-order valence-corrected chi connectivity index (χ2v) is 9.01. The van der Waals surface area contributed by atoms with Crippen LogP contribution in [0, 0.1) is 0 Å². The van der Waals surface area contributed by atoms with Crippen LogP contribution < -0.4 is 14.4 Å². The zero-order valence-electron chi connectivity index (χ0n) is 17.6. The second kappa shape index (κ2) is 8.85. The van der Waals surface area contributed by atoms with Crippen molar-refractivity contribution in [3.05, 3.63) is 52.5 Å². The van der Waals surface area contributed by atoms with Gasteiger partial charge in [-0.3, -0.25) is 19.3 Å². The average Bonchev–Trinajstić information content (AvgIpc) is 3.11. The standard InChI is InChI=1S/C23H21Cl2N3O5/c24-14-9-15(25)11-16(10-14)28-21(29)12-17(22(28)30)26-5-7-27(8-6-26)23(31)20-13-32-18-3-1-2-4-19(18)33-20/h1-4,9-11,17,20H,5-8,12-13H2. The number of carbonyl (C=O) groups excluding carboxylic acids is 3. The Labute approximate surface area is 200 Å². The van der Waals surface area contributed by atoms with Crippen LogP contribution in [-0.4, -0.2) is 72.5 Å². The molecule has 3 heterocycles. The van der Waals surface area contributed by atoms with Crippen molar-refractivity contribution < 1.29 is 23.9 Å². The molecule has 0 aliphatic carbocycles. The largest absolute Gasteiger partial charge is 0.485 e. The summed E-state index contributed by atoms with van der Waals surface area (Å²) in [7, 11) is 0. The lowest BCUT2D eigenvalue weighted by atomic mass is 10.1. The third-order valence-electron chi connectivity index (χ3n) is 6.08. The summed E-state index contributed by atoms with van der Waals surface area (Å²) in [5.74, 6) is 0.429. The quantitative estimate of drug-likeness (QED) is 0.616. The highest BCUT2D eigenvalue weighted by atomic mass is 35.5. The summed E-state index contributed by atoms with van der Waals surface area (Å²) < 4.78 is 11.5. The number of hydrogen-bond donors (Lipinski definition) is 0. The number of benzene rings is 2. The van der Waals surface area contributed by atoms with Crippen LogP contribution in [0.3, 0.4) is 0 Å². The number of rotatable bonds is 3. The zero-order valence-corrected chi connectivity index (χ0v) is 19.1. The fourth-order valence-corrected chi connectivity index (χ4v) is 4.95. The van der Waals surface area contributed by atoms with E-state index in [9.17, 15) is 14.4 Å². The molecular weight excluding hydrogens is 469 g/mol. The topological polar surface area (TPSA) is 79.4 Å². The van der Waals surface area contributed by atoms with Crippen LogP contribution >= 0.6 is 23.2 Å². The van der Waals surface area contributed by atoms with Crippen molar-refractivity contribution in [1.82, 2.24) is 9.80 Å². The molecule has 3 aliphatic heterocycles. The van der Waals surface area contributed by atoms with Gasteiger partial charge in [0.2, 0.25) is 12.0 Å². The van der Waals surface area contributed by atoms with E-state index in [1.807, 2.05) is 17.0 Å². The van der Waals surface area contributed by atoms with E-state index in [-0.39, 0.29) is 30.7 Å². The number of hydrogen-bond acceptors (Lipinski definition) is 6. The lowest BCUT2D eigenvalue weighted by molar-refractivity contribution is -0.143. The van der Waals surface area contributed by atoms with Crippen molar-refractivity contribution in [2.45, 2.75) is 18.6 Å². The molecule has 8 nitrogen and oxygen atoms in total. The number of para-hydroxylation sites is 2. The first-order valence-electron chi connectivity index (χ1n) is 10.6. The normalized spacial score (nSPS) is 23.2. The molecule has 0 spiro atoms. The molecule has 172 valence electrons. The van der Waals surface area contributed by atoms with E-state index < -0.39 is 12.1 Å². The van der Waals surface area contributed by atoms with Gasteiger partial charge in [-0.25, -0.2) is 4.90 Å². The highest BCUT2D eigenvalue weighted by Crippen LogP contribution is 2.32. The molecule has 3 aliphatic rings. The number of halogens is 2. The fourth-order valence-electron chi connectivity index (χ4n) is 4.44. The van der Waals surface area contributed by atoms with Gasteiger partial charge >= 0.3 is 0 Å². The number of fused-ring (bicyclic) bond motifs is 1. The molecule has 2 fully saturated rings. The predicted molar refractivity (Wildman–Crippen MR) is 122 cm³/mol. The van der Waals surface area contributed by atoms with Crippen LogP contribution in [0.4, 0.5) is 5.69 Å². The van der Waals surface area contributed by atoms with Gasteiger partial charge in [-0.1, -0.05) is 35.3 Å². The minimum absolute atomic E-state index is 0.0767. The molecule has 33 heavy (non-hydrogen) atoms. The molecule has 2 atom stereocenters. The minimum Gasteiger partial charge on any atom is -0.485 e. The second-order valence-electron chi connectivity index (χ2n) is 8.14. The Morgan fingerprint density at radius 3 is 2.30 bits per heavy atom. The molecule has 3 amide bonds. The van der Waals surface area contributed by atoms with E-state index >= 15 is 0 Å². The van der Waals surface area contributed by atoms with Gasteiger partial charge in [0.15, 0.2) is 11.5 Å². The van der Waals surface area contributed by atoms with E-state index in [1.165, 1.54) is 0 Å². The van der Waals surface area contributed by atoms with Gasteiger partial charge in [0, 0.05) is 36.2 Å². The molecule has 0 N–H and O–H groups in total. The van der Waals surface area contributed by atoms with E-state index in [1.54, 1.807) is 35.2 Å². The number of piperazine rings is 1. The number of ether oxygens (including phenoxy) is 2. The Kier molecular flexibility index (Phi) is 5.90. The van der Waals surface area contributed by atoms with Gasteiger partial charge in [-0.15, -0.1) is 0 Å². The SMILES string of the molecule is O=C(C1COc2ccccc2O1)N1CCN(C2CC(=O)N(c3cc(Cl)cc(Cl)c3)C2=O)CC1. The third-order valence-corrected chi connectivity index (χ3v) is 6.52. The maximum absolute atomic E-state index is 13.1. The Balaban J connectivity index is 1.21. The molecule has 0 aromatic heterocycles. The number of nitrogens with zero attached hydrogens (tertiary/aromatic N) is 3. The summed E-state index contributed by atoms with van der Waals surface area (Å²) in [6.07, 6.45) is -0.628. The van der Waals surface area contributed by atoms with Crippen LogP contribution in [0.25, 0.3) is 0 Å². The fraction of sp³-hybridized carbons (Fsp3) is 0.348.